The quantitative estimate of drug-likeness (QED) is 0.876. The van der Waals surface area contributed by atoms with Gasteiger partial charge in [-0.25, -0.2) is 0 Å². The van der Waals surface area contributed by atoms with Gasteiger partial charge in [0, 0.05) is 12.4 Å². The Kier molecular flexibility index (Phi) is 4.15. The summed E-state index contributed by atoms with van der Waals surface area (Å²) in [4.78, 5) is 4.27. The van der Waals surface area contributed by atoms with Crippen molar-refractivity contribution in [2.75, 3.05) is 6.54 Å². The summed E-state index contributed by atoms with van der Waals surface area (Å²) in [6, 6.07) is 4.24. The van der Waals surface area contributed by atoms with E-state index >= 15 is 0 Å². The maximum absolute atomic E-state index is 5.63. The monoisotopic (exact) mass is 244 g/mol. The van der Waals surface area contributed by atoms with Gasteiger partial charge in [0.15, 0.2) is 0 Å². The van der Waals surface area contributed by atoms with Gasteiger partial charge in [0.25, 0.3) is 0 Å². The molecule has 2 heterocycles. The molecule has 3 heteroatoms. The number of furan rings is 1. The number of hydrogen-bond donors (Lipinski definition) is 1. The highest BCUT2D eigenvalue weighted by molar-refractivity contribution is 5.30. The van der Waals surface area contributed by atoms with Crippen LogP contribution in [0.15, 0.2) is 35.2 Å². The standard InChI is InChI=1S/C15H20N2O/c1-4-6-17-14(15-12(3)5-7-18-15)13-8-11(2)9-16-10-13/h5,7-10,14,17H,4,6H2,1-3H3. The first kappa shape index (κ1) is 12.8. The Hall–Kier alpha value is -1.61. The minimum Gasteiger partial charge on any atom is -0.467 e. The summed E-state index contributed by atoms with van der Waals surface area (Å²) in [6.07, 6.45) is 6.61. The Morgan fingerprint density at radius 2 is 2.17 bits per heavy atom. The lowest BCUT2D eigenvalue weighted by Crippen LogP contribution is -2.23. The van der Waals surface area contributed by atoms with Crippen LogP contribution < -0.4 is 5.32 Å². The van der Waals surface area contributed by atoms with Crippen molar-refractivity contribution < 1.29 is 4.42 Å². The Morgan fingerprint density at radius 1 is 1.33 bits per heavy atom. The van der Waals surface area contributed by atoms with E-state index < -0.39 is 0 Å². The van der Waals surface area contributed by atoms with Crippen LogP contribution in [0.1, 0.15) is 41.8 Å². The largest absolute Gasteiger partial charge is 0.467 e. The Balaban J connectivity index is 2.33. The molecular weight excluding hydrogens is 224 g/mol. The van der Waals surface area contributed by atoms with Crippen molar-refractivity contribution >= 4 is 0 Å². The van der Waals surface area contributed by atoms with Gasteiger partial charge < -0.3 is 9.73 Å². The molecule has 3 nitrogen and oxygen atoms in total. The lowest BCUT2D eigenvalue weighted by Gasteiger charge is -2.17. The van der Waals surface area contributed by atoms with Gasteiger partial charge >= 0.3 is 0 Å². The van der Waals surface area contributed by atoms with Gasteiger partial charge in [-0.2, -0.15) is 0 Å². The molecule has 0 bridgehead atoms. The van der Waals surface area contributed by atoms with Crippen LogP contribution in [0.3, 0.4) is 0 Å². The maximum atomic E-state index is 5.63. The molecule has 0 aromatic carbocycles. The van der Waals surface area contributed by atoms with Gasteiger partial charge in [0.2, 0.25) is 0 Å². The summed E-state index contributed by atoms with van der Waals surface area (Å²) < 4.78 is 5.63. The molecule has 0 aliphatic heterocycles. The number of aryl methyl sites for hydroxylation is 2. The minimum atomic E-state index is 0.0901. The van der Waals surface area contributed by atoms with Crippen molar-refractivity contribution in [2.24, 2.45) is 0 Å². The molecule has 0 aliphatic rings. The fourth-order valence-electron chi connectivity index (χ4n) is 2.07. The van der Waals surface area contributed by atoms with Gasteiger partial charge in [-0.1, -0.05) is 13.0 Å². The molecular formula is C15H20N2O. The first-order valence-electron chi connectivity index (χ1n) is 6.41. The summed E-state index contributed by atoms with van der Waals surface area (Å²) in [7, 11) is 0. The van der Waals surface area contributed by atoms with Crippen molar-refractivity contribution in [3.63, 3.8) is 0 Å². The number of aromatic nitrogens is 1. The van der Waals surface area contributed by atoms with E-state index in [0.717, 1.165) is 24.3 Å². The highest BCUT2D eigenvalue weighted by Crippen LogP contribution is 2.25. The number of pyridine rings is 1. The highest BCUT2D eigenvalue weighted by atomic mass is 16.3. The summed E-state index contributed by atoms with van der Waals surface area (Å²) >= 11 is 0. The van der Waals surface area contributed by atoms with Crippen LogP contribution in [0.4, 0.5) is 0 Å². The number of nitrogens with zero attached hydrogens (tertiary/aromatic N) is 1. The van der Waals surface area contributed by atoms with Crippen molar-refractivity contribution in [2.45, 2.75) is 33.2 Å². The van der Waals surface area contributed by atoms with E-state index in [4.69, 9.17) is 4.42 Å². The molecule has 2 aromatic heterocycles. The average molecular weight is 244 g/mol. The molecule has 0 saturated heterocycles. The topological polar surface area (TPSA) is 38.1 Å². The fraction of sp³-hybridized carbons (Fsp3) is 0.400. The minimum absolute atomic E-state index is 0.0901. The molecule has 2 rings (SSSR count). The van der Waals surface area contributed by atoms with Crippen LogP contribution in [0, 0.1) is 13.8 Å². The summed E-state index contributed by atoms with van der Waals surface area (Å²) in [6.45, 7) is 7.25. The van der Waals surface area contributed by atoms with Gasteiger partial charge in [0.1, 0.15) is 5.76 Å². The molecule has 0 spiro atoms. The van der Waals surface area contributed by atoms with Crippen molar-refractivity contribution in [1.29, 1.82) is 0 Å². The van der Waals surface area contributed by atoms with Gasteiger partial charge in [-0.05, 0) is 49.6 Å². The third-order valence-corrected chi connectivity index (χ3v) is 2.99. The van der Waals surface area contributed by atoms with Crippen LogP contribution in [0.25, 0.3) is 0 Å². The van der Waals surface area contributed by atoms with Crippen LogP contribution in [0.5, 0.6) is 0 Å². The highest BCUT2D eigenvalue weighted by Gasteiger charge is 2.18. The smallest absolute Gasteiger partial charge is 0.128 e. The molecule has 1 unspecified atom stereocenters. The van der Waals surface area contributed by atoms with Crippen LogP contribution in [0.2, 0.25) is 0 Å². The summed E-state index contributed by atoms with van der Waals surface area (Å²) in [5.41, 5.74) is 3.49. The third kappa shape index (κ3) is 2.79. The summed E-state index contributed by atoms with van der Waals surface area (Å²) in [5, 5.41) is 3.52. The second-order valence-corrected chi connectivity index (χ2v) is 4.65. The van der Waals surface area contributed by atoms with Crippen molar-refractivity contribution in [3.8, 4) is 0 Å². The predicted octanol–water partition coefficient (Wildman–Crippen LogP) is 3.38. The molecule has 1 N–H and O–H groups in total. The Labute approximate surface area is 108 Å². The third-order valence-electron chi connectivity index (χ3n) is 2.99. The van der Waals surface area contributed by atoms with E-state index in [-0.39, 0.29) is 6.04 Å². The SMILES string of the molecule is CCCNC(c1cncc(C)c1)c1occc1C. The zero-order valence-corrected chi connectivity index (χ0v) is 11.2. The van der Waals surface area contributed by atoms with Crippen LogP contribution in [-0.2, 0) is 0 Å². The van der Waals surface area contributed by atoms with E-state index in [9.17, 15) is 0 Å². The molecule has 1 atom stereocenters. The Morgan fingerprint density at radius 3 is 2.78 bits per heavy atom. The van der Waals surface area contributed by atoms with Crippen LogP contribution in [-0.4, -0.2) is 11.5 Å². The Bertz CT molecular complexity index is 505. The zero-order valence-electron chi connectivity index (χ0n) is 11.2. The van der Waals surface area contributed by atoms with E-state index in [2.05, 4.69) is 37.1 Å². The molecule has 0 radical (unpaired) electrons. The lowest BCUT2D eigenvalue weighted by atomic mass is 10.0. The number of nitrogens with one attached hydrogen (secondary N) is 1. The second-order valence-electron chi connectivity index (χ2n) is 4.65. The van der Waals surface area contributed by atoms with E-state index in [0.29, 0.717) is 0 Å². The van der Waals surface area contributed by atoms with Gasteiger partial charge in [-0.15, -0.1) is 0 Å². The van der Waals surface area contributed by atoms with Crippen molar-refractivity contribution in [1.82, 2.24) is 10.3 Å². The van der Waals surface area contributed by atoms with Crippen molar-refractivity contribution in [3.05, 3.63) is 53.2 Å². The molecule has 96 valence electrons. The molecule has 0 amide bonds. The normalized spacial score (nSPS) is 12.6. The molecule has 0 aliphatic carbocycles. The fourth-order valence-corrected chi connectivity index (χ4v) is 2.07. The average Bonchev–Trinajstić information content (AvgIpc) is 2.77. The molecule has 0 saturated carbocycles. The predicted molar refractivity (Wildman–Crippen MR) is 72.6 cm³/mol. The zero-order chi connectivity index (χ0) is 13.0. The number of hydrogen-bond acceptors (Lipinski definition) is 3. The molecule has 18 heavy (non-hydrogen) atoms. The van der Waals surface area contributed by atoms with E-state index in [1.807, 2.05) is 18.5 Å². The second kappa shape index (κ2) is 5.83. The van der Waals surface area contributed by atoms with Gasteiger partial charge in [0.05, 0.1) is 12.3 Å². The van der Waals surface area contributed by atoms with Gasteiger partial charge in [-0.3, -0.25) is 4.98 Å². The molecule has 0 fully saturated rings. The van der Waals surface area contributed by atoms with E-state index in [1.54, 1.807) is 6.26 Å². The molecule has 2 aromatic rings. The first-order chi connectivity index (χ1) is 8.72. The number of rotatable bonds is 5. The first-order valence-corrected chi connectivity index (χ1v) is 6.41. The summed E-state index contributed by atoms with van der Waals surface area (Å²) in [5.74, 6) is 0.982. The maximum Gasteiger partial charge on any atom is 0.128 e. The van der Waals surface area contributed by atoms with E-state index in [1.165, 1.54) is 11.1 Å². The lowest BCUT2D eigenvalue weighted by molar-refractivity contribution is 0.443. The van der Waals surface area contributed by atoms with Crippen LogP contribution >= 0.6 is 0 Å².